The zero-order chi connectivity index (χ0) is 20.6. The van der Waals surface area contributed by atoms with Crippen LogP contribution in [0.5, 0.6) is 0 Å². The Labute approximate surface area is 166 Å². The molecule has 9 heteroatoms. The molecule has 0 bridgehead atoms. The van der Waals surface area contributed by atoms with Gasteiger partial charge in [-0.2, -0.15) is 13.2 Å². The second kappa shape index (κ2) is 7.70. The maximum absolute atomic E-state index is 13.1. The zero-order valence-corrected chi connectivity index (χ0v) is 15.8. The summed E-state index contributed by atoms with van der Waals surface area (Å²) < 4.78 is 38.1. The molecule has 1 aromatic carbocycles. The van der Waals surface area contributed by atoms with E-state index < -0.39 is 24.0 Å². The third kappa shape index (κ3) is 3.96. The number of amides is 2. The number of H-pyrrole nitrogens is 1. The first-order valence-corrected chi connectivity index (χ1v) is 9.85. The van der Waals surface area contributed by atoms with Gasteiger partial charge in [-0.1, -0.05) is 18.2 Å². The van der Waals surface area contributed by atoms with Crippen LogP contribution in [0, 0.1) is 0 Å². The third-order valence-electron chi connectivity index (χ3n) is 5.73. The van der Waals surface area contributed by atoms with E-state index in [2.05, 4.69) is 4.98 Å². The molecule has 0 saturated carbocycles. The van der Waals surface area contributed by atoms with Crippen molar-refractivity contribution in [2.45, 2.75) is 50.4 Å². The molecule has 6 nitrogen and oxygen atoms in total. The van der Waals surface area contributed by atoms with E-state index in [0.717, 1.165) is 29.3 Å². The Morgan fingerprint density at radius 1 is 1.17 bits per heavy atom. The predicted octanol–water partition coefficient (Wildman–Crippen LogP) is 2.76. The molecule has 2 atom stereocenters. The molecule has 2 fully saturated rings. The second-order valence-electron chi connectivity index (χ2n) is 7.66. The minimum Gasteiger partial charge on any atom is -0.361 e. The zero-order valence-electron chi connectivity index (χ0n) is 15.8. The van der Waals surface area contributed by atoms with Crippen LogP contribution >= 0.6 is 0 Å². The lowest BCUT2D eigenvalue weighted by Crippen LogP contribution is -2.60. The van der Waals surface area contributed by atoms with Crippen LogP contribution in [0.1, 0.15) is 31.2 Å². The number of nitrogens with one attached hydrogen (secondary N) is 2. The predicted molar refractivity (Wildman–Crippen MR) is 101 cm³/mol. The molecule has 2 amide bonds. The Morgan fingerprint density at radius 2 is 1.90 bits per heavy atom. The van der Waals surface area contributed by atoms with Crippen molar-refractivity contribution in [3.63, 3.8) is 0 Å². The number of rotatable bonds is 3. The SMILES string of the molecule is O=C1C(NC(=O)C(F)(F)F)CCCN2CCCC(Cc3c[nH]c4ccccc34)N12. The fourth-order valence-corrected chi connectivity index (χ4v) is 4.39. The monoisotopic (exact) mass is 408 g/mol. The molecule has 0 aliphatic carbocycles. The maximum atomic E-state index is 13.1. The molecule has 3 heterocycles. The number of halogens is 3. The number of hydrazine groups is 1. The Morgan fingerprint density at radius 3 is 2.66 bits per heavy atom. The topological polar surface area (TPSA) is 68.4 Å². The number of alkyl halides is 3. The van der Waals surface area contributed by atoms with Gasteiger partial charge in [-0.15, -0.1) is 0 Å². The lowest BCUT2D eigenvalue weighted by Gasteiger charge is -2.44. The quantitative estimate of drug-likeness (QED) is 0.821. The van der Waals surface area contributed by atoms with Gasteiger partial charge in [0.2, 0.25) is 0 Å². The van der Waals surface area contributed by atoms with Crippen LogP contribution in [0.25, 0.3) is 10.9 Å². The van der Waals surface area contributed by atoms with Gasteiger partial charge in [0.15, 0.2) is 0 Å². The van der Waals surface area contributed by atoms with E-state index in [4.69, 9.17) is 0 Å². The molecular weight excluding hydrogens is 385 g/mol. The lowest BCUT2D eigenvalue weighted by atomic mass is 9.98. The summed E-state index contributed by atoms with van der Waals surface area (Å²) in [5.74, 6) is -2.51. The minimum absolute atomic E-state index is 0.154. The summed E-state index contributed by atoms with van der Waals surface area (Å²) in [6, 6.07) is 6.57. The maximum Gasteiger partial charge on any atom is 0.471 e. The van der Waals surface area contributed by atoms with Crippen molar-refractivity contribution in [2.75, 3.05) is 13.1 Å². The van der Waals surface area contributed by atoms with Gasteiger partial charge in [-0.05, 0) is 43.7 Å². The average molecular weight is 408 g/mol. The second-order valence-corrected chi connectivity index (χ2v) is 7.66. The molecule has 156 valence electrons. The highest BCUT2D eigenvalue weighted by atomic mass is 19.4. The van der Waals surface area contributed by atoms with E-state index >= 15 is 0 Å². The van der Waals surface area contributed by atoms with Crippen LogP contribution in [0.2, 0.25) is 0 Å². The van der Waals surface area contributed by atoms with Crippen LogP contribution in [0.3, 0.4) is 0 Å². The number of carbonyl (C=O) groups excluding carboxylic acids is 2. The van der Waals surface area contributed by atoms with Crippen LogP contribution in [0.4, 0.5) is 13.2 Å². The molecule has 0 spiro atoms. The Hall–Kier alpha value is -2.55. The van der Waals surface area contributed by atoms with E-state index in [1.54, 1.807) is 5.01 Å². The molecule has 2 aliphatic heterocycles. The normalized spacial score (nSPS) is 23.7. The molecule has 4 rings (SSSR count). The molecule has 2 aliphatic rings. The summed E-state index contributed by atoms with van der Waals surface area (Å²) in [5.41, 5.74) is 2.08. The highest BCUT2D eigenvalue weighted by molar-refractivity contribution is 5.90. The van der Waals surface area contributed by atoms with Gasteiger partial charge in [-0.25, -0.2) is 5.01 Å². The van der Waals surface area contributed by atoms with E-state index in [-0.39, 0.29) is 12.5 Å². The van der Waals surface area contributed by atoms with E-state index in [0.29, 0.717) is 25.9 Å². The largest absolute Gasteiger partial charge is 0.471 e. The fraction of sp³-hybridized carbons (Fsp3) is 0.500. The summed E-state index contributed by atoms with van der Waals surface area (Å²) in [4.78, 5) is 27.8. The number of aromatic amines is 1. The third-order valence-corrected chi connectivity index (χ3v) is 5.73. The number of nitrogens with zero attached hydrogens (tertiary/aromatic N) is 2. The van der Waals surface area contributed by atoms with Crippen molar-refractivity contribution >= 4 is 22.7 Å². The number of aromatic nitrogens is 1. The lowest BCUT2D eigenvalue weighted by molar-refractivity contribution is -0.177. The van der Waals surface area contributed by atoms with E-state index in [9.17, 15) is 22.8 Å². The first-order valence-electron chi connectivity index (χ1n) is 9.85. The summed E-state index contributed by atoms with van der Waals surface area (Å²) in [5, 5.41) is 6.53. The molecule has 0 radical (unpaired) electrons. The van der Waals surface area contributed by atoms with Crippen LogP contribution in [-0.4, -0.2) is 58.2 Å². The number of para-hydroxylation sites is 1. The molecular formula is C20H23F3N4O2. The molecule has 1 aromatic heterocycles. The summed E-state index contributed by atoms with van der Waals surface area (Å²) in [6.07, 6.45) is -0.0466. The van der Waals surface area contributed by atoms with Gasteiger partial charge in [0.1, 0.15) is 6.04 Å². The smallest absolute Gasteiger partial charge is 0.361 e. The van der Waals surface area contributed by atoms with Gasteiger partial charge in [0.25, 0.3) is 5.91 Å². The van der Waals surface area contributed by atoms with Gasteiger partial charge in [0, 0.05) is 30.2 Å². The van der Waals surface area contributed by atoms with Crippen molar-refractivity contribution in [1.29, 1.82) is 0 Å². The highest BCUT2D eigenvalue weighted by Crippen LogP contribution is 2.29. The van der Waals surface area contributed by atoms with Gasteiger partial charge in [-0.3, -0.25) is 14.6 Å². The average Bonchev–Trinajstić information content (AvgIpc) is 3.01. The Balaban J connectivity index is 1.57. The summed E-state index contributed by atoms with van der Waals surface area (Å²) in [7, 11) is 0. The standard InChI is InChI=1S/C20H23F3N4O2/c21-20(22,23)19(29)25-17-8-4-10-26-9-3-5-14(27(26)18(17)28)11-13-12-24-16-7-2-1-6-15(13)16/h1-2,6-7,12,14,17,24H,3-5,8-11H2,(H,25,29). The highest BCUT2D eigenvalue weighted by Gasteiger charge is 2.44. The van der Waals surface area contributed by atoms with Crippen molar-refractivity contribution in [3.05, 3.63) is 36.0 Å². The molecule has 2 saturated heterocycles. The first-order chi connectivity index (χ1) is 13.8. The number of fused-ring (bicyclic) bond motifs is 2. The molecule has 29 heavy (non-hydrogen) atoms. The summed E-state index contributed by atoms with van der Waals surface area (Å²) in [6.45, 7) is 1.28. The Kier molecular flexibility index (Phi) is 5.24. The molecule has 2 unspecified atom stereocenters. The van der Waals surface area contributed by atoms with E-state index in [1.165, 1.54) is 0 Å². The number of hydrogen-bond acceptors (Lipinski definition) is 3. The molecule has 2 N–H and O–H groups in total. The van der Waals surface area contributed by atoms with Gasteiger partial charge in [0.05, 0.1) is 6.04 Å². The molecule has 2 aromatic rings. The van der Waals surface area contributed by atoms with Crippen molar-refractivity contribution in [1.82, 2.24) is 20.3 Å². The van der Waals surface area contributed by atoms with E-state index in [1.807, 2.05) is 40.8 Å². The van der Waals surface area contributed by atoms with Crippen molar-refractivity contribution in [3.8, 4) is 0 Å². The van der Waals surface area contributed by atoms with Crippen molar-refractivity contribution in [2.24, 2.45) is 0 Å². The van der Waals surface area contributed by atoms with Crippen molar-refractivity contribution < 1.29 is 22.8 Å². The van der Waals surface area contributed by atoms with Crippen LogP contribution < -0.4 is 5.32 Å². The number of benzene rings is 1. The minimum atomic E-state index is -5.00. The Bertz CT molecular complexity index is 911. The number of carbonyl (C=O) groups is 2. The number of hydrogen-bond donors (Lipinski definition) is 2. The first kappa shape index (κ1) is 19.8. The van der Waals surface area contributed by atoms with Gasteiger partial charge >= 0.3 is 12.1 Å². The van der Waals surface area contributed by atoms with Crippen LogP contribution in [0.15, 0.2) is 30.5 Å². The van der Waals surface area contributed by atoms with Crippen LogP contribution in [-0.2, 0) is 16.0 Å². The van der Waals surface area contributed by atoms with Gasteiger partial charge < -0.3 is 10.3 Å². The summed E-state index contributed by atoms with van der Waals surface area (Å²) >= 11 is 0. The fourth-order valence-electron chi connectivity index (χ4n) is 4.39.